The fraction of sp³-hybridized carbons (Fsp3) is 0.455. The highest BCUT2D eigenvalue weighted by Gasteiger charge is 2.41. The largest absolute Gasteiger partial charge is 0.351 e. The van der Waals surface area contributed by atoms with E-state index in [0.29, 0.717) is 6.54 Å². The average molecular weight is 443 g/mol. The smallest absolute Gasteiger partial charge is 0.261 e. The zero-order valence-corrected chi connectivity index (χ0v) is 18.7. The van der Waals surface area contributed by atoms with E-state index in [4.69, 9.17) is 0 Å². The fourth-order valence-electron chi connectivity index (χ4n) is 4.20. The van der Waals surface area contributed by atoms with Crippen LogP contribution >= 0.6 is 22.7 Å². The number of carbonyl (C=O) groups is 2. The monoisotopic (exact) mass is 442 g/mol. The van der Waals surface area contributed by atoms with Gasteiger partial charge in [-0.1, -0.05) is 13.3 Å². The van der Waals surface area contributed by atoms with Crippen molar-refractivity contribution in [1.82, 2.24) is 20.6 Å². The predicted molar refractivity (Wildman–Crippen MR) is 121 cm³/mol. The number of nitrogens with one attached hydrogen (secondary N) is 2. The van der Waals surface area contributed by atoms with Crippen LogP contribution in [0.2, 0.25) is 0 Å². The van der Waals surface area contributed by atoms with Gasteiger partial charge < -0.3 is 10.6 Å². The van der Waals surface area contributed by atoms with Crippen LogP contribution in [0.25, 0.3) is 10.1 Å². The summed E-state index contributed by atoms with van der Waals surface area (Å²) in [6.45, 7) is 4.56. The van der Waals surface area contributed by atoms with Gasteiger partial charge in [-0.25, -0.2) is 0 Å². The molecule has 2 unspecified atom stereocenters. The molecule has 1 aliphatic heterocycles. The molecule has 1 aliphatic rings. The first-order valence-corrected chi connectivity index (χ1v) is 12.0. The minimum Gasteiger partial charge on any atom is -0.351 e. The molecule has 0 aromatic carbocycles. The Morgan fingerprint density at radius 1 is 1.27 bits per heavy atom. The molecule has 2 atom stereocenters. The molecule has 0 bridgehead atoms. The first-order chi connectivity index (χ1) is 14.6. The van der Waals surface area contributed by atoms with Crippen LogP contribution in [0.4, 0.5) is 0 Å². The Balaban J connectivity index is 1.27. The molecule has 30 heavy (non-hydrogen) atoms. The summed E-state index contributed by atoms with van der Waals surface area (Å²) in [4.78, 5) is 35.0. The van der Waals surface area contributed by atoms with E-state index < -0.39 is 0 Å². The van der Waals surface area contributed by atoms with E-state index >= 15 is 0 Å². The number of aromatic nitrogens is 2. The van der Waals surface area contributed by atoms with Crippen molar-refractivity contribution in [2.75, 3.05) is 19.6 Å². The van der Waals surface area contributed by atoms with Crippen LogP contribution < -0.4 is 10.6 Å². The Morgan fingerprint density at radius 2 is 2.17 bits per heavy atom. The lowest BCUT2D eigenvalue weighted by Gasteiger charge is -2.41. The summed E-state index contributed by atoms with van der Waals surface area (Å²) in [5, 5.41) is 7.46. The number of thiophene rings is 1. The van der Waals surface area contributed by atoms with Crippen molar-refractivity contribution in [3.05, 3.63) is 46.0 Å². The second kappa shape index (κ2) is 9.32. The van der Waals surface area contributed by atoms with E-state index in [1.54, 1.807) is 24.1 Å². The van der Waals surface area contributed by atoms with Gasteiger partial charge in [0, 0.05) is 37.6 Å². The maximum absolute atomic E-state index is 13.0. The Bertz CT molecular complexity index is 984. The second-order valence-electron chi connectivity index (χ2n) is 8.13. The standard InChI is InChI=1S/C22H26N4O2S2/c1-22(6-9-24-11-16(22)20(27)19-13-25-14-29-19)5-2-3-7-26-21(28)17-10-15-4-8-23-12-18(15)30-17/h4,8,10,12-14,16,24H,2-3,5-7,9,11H2,1H3,(H,26,28). The van der Waals surface area contributed by atoms with E-state index in [1.165, 1.54) is 22.7 Å². The number of hydrogen-bond donors (Lipinski definition) is 2. The Morgan fingerprint density at radius 3 is 2.97 bits per heavy atom. The summed E-state index contributed by atoms with van der Waals surface area (Å²) >= 11 is 2.89. The third-order valence-corrected chi connectivity index (χ3v) is 7.93. The Kier molecular flexibility index (Phi) is 6.55. The van der Waals surface area contributed by atoms with Crippen LogP contribution in [0.1, 0.15) is 52.0 Å². The molecular weight excluding hydrogens is 416 g/mol. The number of rotatable bonds is 8. The van der Waals surface area contributed by atoms with E-state index in [0.717, 1.165) is 58.6 Å². The summed E-state index contributed by atoms with van der Waals surface area (Å²) in [6.07, 6.45) is 9.08. The van der Waals surface area contributed by atoms with Gasteiger partial charge in [0.1, 0.15) is 0 Å². The van der Waals surface area contributed by atoms with Gasteiger partial charge in [0.25, 0.3) is 5.91 Å². The first-order valence-electron chi connectivity index (χ1n) is 10.3. The molecule has 1 amide bonds. The van der Waals surface area contributed by atoms with Crippen molar-refractivity contribution in [3.8, 4) is 0 Å². The van der Waals surface area contributed by atoms with Gasteiger partial charge in [0.2, 0.25) is 0 Å². The van der Waals surface area contributed by atoms with Gasteiger partial charge in [0.05, 0.1) is 20.0 Å². The molecule has 4 rings (SSSR count). The summed E-state index contributed by atoms with van der Waals surface area (Å²) in [5.74, 6) is 0.163. The van der Waals surface area contributed by atoms with Gasteiger partial charge in [0.15, 0.2) is 5.78 Å². The lowest BCUT2D eigenvalue weighted by atomic mass is 9.67. The summed E-state index contributed by atoms with van der Waals surface area (Å²) < 4.78 is 1.03. The van der Waals surface area contributed by atoms with E-state index in [2.05, 4.69) is 27.5 Å². The highest BCUT2D eigenvalue weighted by molar-refractivity contribution is 7.20. The number of unbranched alkanes of at least 4 members (excludes halogenated alkanes) is 1. The number of pyridine rings is 1. The minimum absolute atomic E-state index is 0.0190. The number of ketones is 1. The van der Waals surface area contributed by atoms with Crippen molar-refractivity contribution < 1.29 is 9.59 Å². The number of piperidine rings is 1. The molecule has 1 fully saturated rings. The highest BCUT2D eigenvalue weighted by Crippen LogP contribution is 2.40. The van der Waals surface area contributed by atoms with E-state index in [-0.39, 0.29) is 23.0 Å². The third-order valence-electron chi connectivity index (χ3n) is 6.06. The van der Waals surface area contributed by atoms with Gasteiger partial charge in [-0.2, -0.15) is 0 Å². The molecule has 1 saturated heterocycles. The molecule has 158 valence electrons. The van der Waals surface area contributed by atoms with Crippen molar-refractivity contribution in [2.24, 2.45) is 11.3 Å². The van der Waals surface area contributed by atoms with Gasteiger partial charge in [-0.3, -0.25) is 19.6 Å². The van der Waals surface area contributed by atoms with Crippen LogP contribution in [0.3, 0.4) is 0 Å². The average Bonchev–Trinajstić information content (AvgIpc) is 3.43. The van der Waals surface area contributed by atoms with Crippen LogP contribution in [0.15, 0.2) is 36.2 Å². The van der Waals surface area contributed by atoms with Crippen LogP contribution in [-0.4, -0.2) is 41.3 Å². The zero-order valence-electron chi connectivity index (χ0n) is 17.0. The van der Waals surface area contributed by atoms with Crippen molar-refractivity contribution in [2.45, 2.75) is 32.6 Å². The van der Waals surface area contributed by atoms with E-state index in [9.17, 15) is 9.59 Å². The molecule has 0 radical (unpaired) electrons. The number of fused-ring (bicyclic) bond motifs is 1. The molecule has 3 aromatic heterocycles. The molecule has 3 aromatic rings. The van der Waals surface area contributed by atoms with Gasteiger partial charge >= 0.3 is 0 Å². The third kappa shape index (κ3) is 4.61. The lowest BCUT2D eigenvalue weighted by molar-refractivity contribution is 0.0656. The van der Waals surface area contributed by atoms with Crippen LogP contribution in [-0.2, 0) is 0 Å². The predicted octanol–water partition coefficient (Wildman–Crippen LogP) is 4.15. The number of Topliss-reactive ketones (excluding diaryl/α,β-unsaturated/α-hetero) is 1. The molecular formula is C22H26N4O2S2. The van der Waals surface area contributed by atoms with Crippen LogP contribution in [0, 0.1) is 11.3 Å². The zero-order chi connectivity index (χ0) is 21.0. The van der Waals surface area contributed by atoms with Gasteiger partial charge in [-0.15, -0.1) is 22.7 Å². The molecule has 8 heteroatoms. The number of amides is 1. The topological polar surface area (TPSA) is 84.0 Å². The van der Waals surface area contributed by atoms with Crippen molar-refractivity contribution in [3.63, 3.8) is 0 Å². The maximum Gasteiger partial charge on any atom is 0.261 e. The molecule has 6 nitrogen and oxygen atoms in total. The second-order valence-corrected chi connectivity index (χ2v) is 10.1. The molecule has 0 saturated carbocycles. The molecule has 0 spiro atoms. The quantitative estimate of drug-likeness (QED) is 0.404. The number of nitrogens with zero attached hydrogens (tertiary/aromatic N) is 2. The summed E-state index contributed by atoms with van der Waals surface area (Å²) in [7, 11) is 0. The Labute approximate surface area is 184 Å². The molecule has 4 heterocycles. The van der Waals surface area contributed by atoms with Crippen molar-refractivity contribution in [1.29, 1.82) is 0 Å². The highest BCUT2D eigenvalue weighted by atomic mass is 32.1. The number of thiazole rings is 1. The van der Waals surface area contributed by atoms with Gasteiger partial charge in [-0.05, 0) is 48.7 Å². The normalized spacial score (nSPS) is 21.6. The van der Waals surface area contributed by atoms with Crippen molar-refractivity contribution >= 4 is 44.5 Å². The number of hydrogen-bond acceptors (Lipinski definition) is 7. The summed E-state index contributed by atoms with van der Waals surface area (Å²) in [5.41, 5.74) is 1.70. The molecule has 0 aliphatic carbocycles. The molecule has 2 N–H and O–H groups in total. The first kappa shape index (κ1) is 21.1. The summed E-state index contributed by atoms with van der Waals surface area (Å²) in [6, 6.07) is 3.84. The Hall–Kier alpha value is -2.16. The number of carbonyl (C=O) groups excluding carboxylic acids is 2. The maximum atomic E-state index is 13.0. The SMILES string of the molecule is CC1(CCCCNC(=O)c2cc3ccncc3s2)CCNCC1C(=O)c1cncs1. The lowest BCUT2D eigenvalue weighted by Crippen LogP contribution is -2.47. The fourth-order valence-corrected chi connectivity index (χ4v) is 5.76. The van der Waals surface area contributed by atoms with Crippen LogP contribution in [0.5, 0.6) is 0 Å². The minimum atomic E-state index is -0.0254. The van der Waals surface area contributed by atoms with E-state index in [1.807, 2.05) is 12.1 Å².